The highest BCUT2D eigenvalue weighted by Crippen LogP contribution is 2.36. The fraction of sp³-hybridized carbons (Fsp3) is 0.500. The summed E-state index contributed by atoms with van der Waals surface area (Å²) in [6.07, 6.45) is 0.838. The highest BCUT2D eigenvalue weighted by molar-refractivity contribution is 5.83. The number of aliphatic hydroxyl groups excluding tert-OH is 1. The number of aliphatic hydroxyl groups is 1. The number of alkyl halides is 3. The number of β-amino-alcohol motifs (C(OH)–C–C–N with tert-alkyl or cyclic N) is 1. The van der Waals surface area contributed by atoms with Gasteiger partial charge in [0.15, 0.2) is 17.0 Å². The fourth-order valence-corrected chi connectivity index (χ4v) is 4.85. The van der Waals surface area contributed by atoms with Gasteiger partial charge in [0.2, 0.25) is 5.91 Å². The molecule has 2 fully saturated rings. The van der Waals surface area contributed by atoms with Crippen LogP contribution in [0.15, 0.2) is 36.9 Å². The fourth-order valence-electron chi connectivity index (χ4n) is 4.85. The Bertz CT molecular complexity index is 1230. The lowest BCUT2D eigenvalue weighted by Gasteiger charge is -2.35. The van der Waals surface area contributed by atoms with Gasteiger partial charge in [-0.05, 0) is 43.5 Å². The maximum Gasteiger partial charge on any atom is 0.416 e. The molecular weight excluding hydrogens is 475 g/mol. The van der Waals surface area contributed by atoms with Gasteiger partial charge in [-0.15, -0.1) is 0 Å². The van der Waals surface area contributed by atoms with Crippen LogP contribution in [0, 0.1) is 5.92 Å². The maximum absolute atomic E-state index is 12.9. The summed E-state index contributed by atoms with van der Waals surface area (Å²) < 4.78 is 40.8. The van der Waals surface area contributed by atoms with Gasteiger partial charge in [-0.3, -0.25) is 9.69 Å². The Morgan fingerprint density at radius 1 is 1.14 bits per heavy atom. The lowest BCUT2D eigenvalue weighted by Crippen LogP contribution is -2.47. The third-order valence-corrected chi connectivity index (χ3v) is 6.89. The molecule has 2 atom stereocenters. The minimum absolute atomic E-state index is 0.0309. The van der Waals surface area contributed by atoms with E-state index in [0.717, 1.165) is 30.5 Å². The molecule has 1 aliphatic heterocycles. The first-order valence-corrected chi connectivity index (χ1v) is 12.0. The number of piperidine rings is 1. The van der Waals surface area contributed by atoms with Crippen LogP contribution >= 0.6 is 0 Å². The molecule has 1 saturated heterocycles. The van der Waals surface area contributed by atoms with E-state index in [1.54, 1.807) is 6.33 Å². The Morgan fingerprint density at radius 2 is 1.89 bits per heavy atom. The Balaban J connectivity index is 1.34. The van der Waals surface area contributed by atoms with E-state index >= 15 is 0 Å². The molecule has 3 aromatic rings. The van der Waals surface area contributed by atoms with Crippen LogP contribution < -0.4 is 10.6 Å². The van der Waals surface area contributed by atoms with Gasteiger partial charge in [-0.1, -0.05) is 12.1 Å². The number of anilines is 1. The van der Waals surface area contributed by atoms with Crippen LogP contribution in [-0.2, 0) is 24.1 Å². The topological polar surface area (TPSA) is 113 Å². The van der Waals surface area contributed by atoms with E-state index in [-0.39, 0.29) is 18.5 Å². The number of aromatic nitrogens is 4. The van der Waals surface area contributed by atoms with E-state index in [1.165, 1.54) is 18.5 Å². The van der Waals surface area contributed by atoms with Gasteiger partial charge >= 0.3 is 6.18 Å². The molecule has 0 spiro atoms. The van der Waals surface area contributed by atoms with Crippen LogP contribution in [0.25, 0.3) is 11.2 Å². The number of fused-ring (bicyclic) bond motifs is 1. The molecule has 2 aromatic heterocycles. The second kappa shape index (κ2) is 9.66. The number of imidazole rings is 1. The van der Waals surface area contributed by atoms with Crippen LogP contribution in [0.4, 0.5) is 19.0 Å². The van der Waals surface area contributed by atoms with Crippen molar-refractivity contribution in [3.8, 4) is 0 Å². The number of primary amides is 1. The van der Waals surface area contributed by atoms with Gasteiger partial charge in [-0.2, -0.15) is 13.2 Å². The first-order valence-electron chi connectivity index (χ1n) is 12.0. The average Bonchev–Trinajstić information content (AvgIpc) is 3.59. The molecular formula is C24H28F3N7O2. The third-order valence-electron chi connectivity index (χ3n) is 6.89. The summed E-state index contributed by atoms with van der Waals surface area (Å²) in [4.78, 5) is 28.6. The van der Waals surface area contributed by atoms with Crippen LogP contribution in [0.2, 0.25) is 0 Å². The highest BCUT2D eigenvalue weighted by Gasteiger charge is 2.34. The van der Waals surface area contributed by atoms with Crippen LogP contribution in [0.1, 0.15) is 30.4 Å². The molecule has 5 rings (SSSR count). The van der Waals surface area contributed by atoms with E-state index in [0.29, 0.717) is 49.6 Å². The highest BCUT2D eigenvalue weighted by atomic mass is 19.4. The van der Waals surface area contributed by atoms with Crippen LogP contribution in [0.3, 0.4) is 0 Å². The van der Waals surface area contributed by atoms with Gasteiger partial charge in [0, 0.05) is 31.6 Å². The predicted molar refractivity (Wildman–Crippen MR) is 126 cm³/mol. The van der Waals surface area contributed by atoms with E-state index in [1.807, 2.05) is 9.47 Å². The summed E-state index contributed by atoms with van der Waals surface area (Å²) in [5.74, 6) is 0.205. The number of nitrogens with zero attached hydrogens (tertiary/aromatic N) is 6. The zero-order valence-electron chi connectivity index (χ0n) is 19.6. The van der Waals surface area contributed by atoms with Crippen molar-refractivity contribution >= 4 is 22.9 Å². The summed E-state index contributed by atoms with van der Waals surface area (Å²) in [5, 5.41) is 10.6. The Kier molecular flexibility index (Phi) is 6.56. The number of benzene rings is 1. The van der Waals surface area contributed by atoms with Gasteiger partial charge in [0.05, 0.1) is 24.5 Å². The molecule has 12 heteroatoms. The van der Waals surface area contributed by atoms with Crippen molar-refractivity contribution in [3.63, 3.8) is 0 Å². The summed E-state index contributed by atoms with van der Waals surface area (Å²) in [7, 11) is 0. The Morgan fingerprint density at radius 3 is 2.53 bits per heavy atom. The number of carbonyl (C=O) groups is 1. The predicted octanol–water partition coefficient (Wildman–Crippen LogP) is 2.18. The number of rotatable bonds is 8. The molecule has 1 saturated carbocycles. The molecule has 192 valence electrons. The van der Waals surface area contributed by atoms with Gasteiger partial charge < -0.3 is 20.3 Å². The largest absolute Gasteiger partial charge is 0.416 e. The van der Waals surface area contributed by atoms with Crippen molar-refractivity contribution < 1.29 is 23.1 Å². The molecule has 2 aliphatic rings. The molecule has 3 N–H and O–H groups in total. The second-order valence-corrected chi connectivity index (χ2v) is 9.64. The zero-order valence-corrected chi connectivity index (χ0v) is 19.6. The Hall–Kier alpha value is -3.25. The number of hydrogen-bond donors (Lipinski definition) is 2. The summed E-state index contributed by atoms with van der Waals surface area (Å²) in [6, 6.07) is 5.45. The zero-order chi connectivity index (χ0) is 25.4. The molecule has 0 bridgehead atoms. The SMILES string of the molecule is NC(=O)CN1CC[C@H](Cn2cnc3c(N(Cc4ccc(C(F)(F)F)cc4)C4CC4)ncnc32)[C@@H](O)C1. The molecule has 1 aliphatic carbocycles. The van der Waals surface area contributed by atoms with Crippen molar-refractivity contribution in [3.05, 3.63) is 48.0 Å². The third kappa shape index (κ3) is 5.29. The van der Waals surface area contributed by atoms with Crippen molar-refractivity contribution in [2.24, 2.45) is 11.7 Å². The van der Waals surface area contributed by atoms with E-state index in [9.17, 15) is 23.1 Å². The molecule has 1 amide bonds. The van der Waals surface area contributed by atoms with Gasteiger partial charge in [0.25, 0.3) is 0 Å². The number of halogens is 3. The number of carbonyl (C=O) groups excluding carboxylic acids is 1. The average molecular weight is 504 g/mol. The van der Waals surface area contributed by atoms with Crippen molar-refractivity contribution in [1.29, 1.82) is 0 Å². The number of likely N-dealkylation sites (tertiary alicyclic amines) is 1. The molecule has 3 heterocycles. The van der Waals surface area contributed by atoms with E-state index in [4.69, 9.17) is 5.73 Å². The first kappa shape index (κ1) is 24.4. The van der Waals surface area contributed by atoms with Crippen molar-refractivity contribution in [1.82, 2.24) is 24.4 Å². The second-order valence-electron chi connectivity index (χ2n) is 9.64. The number of hydrogen-bond acceptors (Lipinski definition) is 7. The lowest BCUT2D eigenvalue weighted by atomic mass is 9.93. The Labute approximate surface area is 205 Å². The summed E-state index contributed by atoms with van der Waals surface area (Å²) in [5.41, 5.74) is 6.62. The number of amides is 1. The minimum atomic E-state index is -4.37. The summed E-state index contributed by atoms with van der Waals surface area (Å²) >= 11 is 0. The quantitative estimate of drug-likeness (QED) is 0.485. The van der Waals surface area contributed by atoms with Gasteiger partial charge in [-0.25, -0.2) is 15.0 Å². The molecule has 36 heavy (non-hydrogen) atoms. The molecule has 9 nitrogen and oxygen atoms in total. The smallest absolute Gasteiger partial charge is 0.391 e. The molecule has 0 unspecified atom stereocenters. The van der Waals surface area contributed by atoms with Crippen molar-refractivity contribution in [2.75, 3.05) is 24.5 Å². The van der Waals surface area contributed by atoms with Crippen LogP contribution in [0.5, 0.6) is 0 Å². The first-order chi connectivity index (χ1) is 17.2. The van der Waals surface area contributed by atoms with Crippen LogP contribution in [-0.4, -0.2) is 67.2 Å². The maximum atomic E-state index is 12.9. The normalized spacial score (nSPS) is 21.1. The molecule has 0 radical (unpaired) electrons. The minimum Gasteiger partial charge on any atom is -0.391 e. The van der Waals surface area contributed by atoms with E-state index < -0.39 is 23.8 Å². The molecule has 1 aromatic carbocycles. The van der Waals surface area contributed by atoms with Crippen molar-refractivity contribution in [2.45, 2.75) is 50.7 Å². The number of nitrogens with two attached hydrogens (primary N) is 1. The summed E-state index contributed by atoms with van der Waals surface area (Å²) in [6.45, 7) is 2.10. The lowest BCUT2D eigenvalue weighted by molar-refractivity contribution is -0.137. The standard InChI is InChI=1S/C24H28F3N7O2/c25-24(26,27)17-3-1-15(2-4-17)9-34(18-5-6-18)23-21-22(29-13-30-23)33(14-31-21)10-16-7-8-32(11-19(16)35)12-20(28)36/h1-4,13-14,16,18-19,35H,5-12H2,(H2,28,36)/t16-,19+/m1/s1. The van der Waals surface area contributed by atoms with Gasteiger partial charge in [0.1, 0.15) is 6.33 Å². The monoisotopic (exact) mass is 503 g/mol. The van der Waals surface area contributed by atoms with E-state index in [2.05, 4.69) is 19.9 Å².